The molecule has 0 saturated heterocycles. The van der Waals surface area contributed by atoms with E-state index < -0.39 is 0 Å². The fraction of sp³-hybridized carbons (Fsp3) is 0.538. The molecule has 0 saturated carbocycles. The monoisotopic (exact) mass is 247 g/mol. The van der Waals surface area contributed by atoms with E-state index in [0.717, 1.165) is 12.1 Å². The highest BCUT2D eigenvalue weighted by atomic mass is 15.1. The second-order valence-corrected chi connectivity index (χ2v) is 5.60. The summed E-state index contributed by atoms with van der Waals surface area (Å²) in [6, 6.07) is 0.239. The van der Waals surface area contributed by atoms with Crippen LogP contribution < -0.4 is 5.32 Å². The fourth-order valence-corrected chi connectivity index (χ4v) is 1.82. The molecule has 2 N–H and O–H groups in total. The van der Waals surface area contributed by atoms with Crippen LogP contribution >= 0.6 is 0 Å². The first kappa shape index (κ1) is 12.8. The van der Waals surface area contributed by atoms with E-state index in [1.165, 1.54) is 5.69 Å². The maximum atomic E-state index is 4.25. The Morgan fingerprint density at radius 2 is 2.17 bits per heavy atom. The minimum Gasteiger partial charge on any atom is -0.326 e. The molecule has 0 aliphatic carbocycles. The number of nitrogens with zero attached hydrogens (tertiary/aromatic N) is 3. The smallest absolute Gasteiger partial charge is 0.0954 e. The zero-order chi connectivity index (χ0) is 13.2. The Morgan fingerprint density at radius 3 is 2.78 bits per heavy atom. The molecule has 5 heteroatoms. The molecule has 0 radical (unpaired) electrons. The molecule has 5 nitrogen and oxygen atoms in total. The molecule has 98 valence electrons. The number of nitrogens with one attached hydrogen (secondary N) is 2. The van der Waals surface area contributed by atoms with Crippen molar-refractivity contribution >= 4 is 0 Å². The van der Waals surface area contributed by atoms with Crippen LogP contribution in [0, 0.1) is 0 Å². The molecule has 0 amide bonds. The molecule has 1 atom stereocenters. The van der Waals surface area contributed by atoms with Crippen LogP contribution in [0.5, 0.6) is 0 Å². The second-order valence-electron chi connectivity index (χ2n) is 5.60. The van der Waals surface area contributed by atoms with Gasteiger partial charge in [0.1, 0.15) is 0 Å². The molecule has 0 aliphatic heterocycles. The first-order valence-corrected chi connectivity index (χ1v) is 6.22. The number of aromatic amines is 1. The summed E-state index contributed by atoms with van der Waals surface area (Å²) in [4.78, 5) is 4.25. The van der Waals surface area contributed by atoms with Crippen LogP contribution in [0.1, 0.15) is 45.0 Å². The van der Waals surface area contributed by atoms with Gasteiger partial charge in [0.2, 0.25) is 0 Å². The highest BCUT2D eigenvalue weighted by molar-refractivity contribution is 5.13. The standard InChI is InChI=1S/C13H21N5/c1-10(11-5-16-17-6-11)18-9-14-7-12(18)8-15-13(2,3)4/h5-7,9-10,15H,8H2,1-4H3,(H,16,17). The van der Waals surface area contributed by atoms with Crippen LogP contribution in [0.15, 0.2) is 24.9 Å². The minimum absolute atomic E-state index is 0.105. The first-order valence-electron chi connectivity index (χ1n) is 6.22. The van der Waals surface area contributed by atoms with E-state index in [1.807, 2.05) is 24.9 Å². The van der Waals surface area contributed by atoms with Crippen LogP contribution in [0.4, 0.5) is 0 Å². The van der Waals surface area contributed by atoms with Gasteiger partial charge in [0.05, 0.1) is 24.3 Å². The van der Waals surface area contributed by atoms with Crippen LogP contribution in [-0.4, -0.2) is 25.3 Å². The SMILES string of the molecule is CC(c1cn[nH]c1)n1cncc1CNC(C)(C)C. The maximum absolute atomic E-state index is 4.25. The maximum Gasteiger partial charge on any atom is 0.0954 e. The highest BCUT2D eigenvalue weighted by Crippen LogP contribution is 2.18. The third-order valence-corrected chi connectivity index (χ3v) is 2.97. The van der Waals surface area contributed by atoms with E-state index in [9.17, 15) is 0 Å². The zero-order valence-electron chi connectivity index (χ0n) is 11.4. The molecule has 0 bridgehead atoms. The molecule has 18 heavy (non-hydrogen) atoms. The normalized spacial score (nSPS) is 13.8. The molecule has 0 fully saturated rings. The number of H-pyrrole nitrogens is 1. The van der Waals surface area contributed by atoms with Gasteiger partial charge in [-0.2, -0.15) is 5.10 Å². The second kappa shape index (κ2) is 4.94. The van der Waals surface area contributed by atoms with Gasteiger partial charge in [0, 0.05) is 30.0 Å². The number of hydrogen-bond donors (Lipinski definition) is 2. The van der Waals surface area contributed by atoms with Gasteiger partial charge in [0.15, 0.2) is 0 Å². The number of hydrogen-bond acceptors (Lipinski definition) is 3. The molecule has 0 aromatic carbocycles. The van der Waals surface area contributed by atoms with E-state index in [2.05, 4.69) is 52.8 Å². The van der Waals surface area contributed by atoms with Crippen LogP contribution in [0.25, 0.3) is 0 Å². The molecular formula is C13H21N5. The Balaban J connectivity index is 2.13. The van der Waals surface area contributed by atoms with Gasteiger partial charge in [-0.3, -0.25) is 5.10 Å². The van der Waals surface area contributed by atoms with Gasteiger partial charge in [-0.1, -0.05) is 0 Å². The summed E-state index contributed by atoms with van der Waals surface area (Å²) in [6.45, 7) is 9.44. The summed E-state index contributed by atoms with van der Waals surface area (Å²) in [5.41, 5.74) is 2.44. The van der Waals surface area contributed by atoms with Gasteiger partial charge in [-0.05, 0) is 27.7 Å². The van der Waals surface area contributed by atoms with Crippen molar-refractivity contribution in [2.75, 3.05) is 0 Å². The summed E-state index contributed by atoms with van der Waals surface area (Å²) in [5, 5.41) is 10.3. The van der Waals surface area contributed by atoms with E-state index in [-0.39, 0.29) is 11.6 Å². The van der Waals surface area contributed by atoms with Crippen molar-refractivity contribution in [1.29, 1.82) is 0 Å². The van der Waals surface area contributed by atoms with Crippen molar-refractivity contribution in [2.45, 2.75) is 45.8 Å². The van der Waals surface area contributed by atoms with Gasteiger partial charge in [-0.15, -0.1) is 0 Å². The van der Waals surface area contributed by atoms with Gasteiger partial charge in [0.25, 0.3) is 0 Å². The average molecular weight is 247 g/mol. The lowest BCUT2D eigenvalue weighted by atomic mass is 10.1. The first-order chi connectivity index (χ1) is 8.47. The summed E-state index contributed by atoms with van der Waals surface area (Å²) in [5.74, 6) is 0. The summed E-state index contributed by atoms with van der Waals surface area (Å²) in [7, 11) is 0. The third kappa shape index (κ3) is 2.98. The van der Waals surface area contributed by atoms with Gasteiger partial charge in [-0.25, -0.2) is 4.98 Å². The number of imidazole rings is 1. The van der Waals surface area contributed by atoms with E-state index in [1.54, 1.807) is 0 Å². The van der Waals surface area contributed by atoms with Crippen molar-refractivity contribution in [3.8, 4) is 0 Å². The molecule has 0 aliphatic rings. The van der Waals surface area contributed by atoms with E-state index in [0.29, 0.717) is 0 Å². The lowest BCUT2D eigenvalue weighted by molar-refractivity contribution is 0.413. The molecule has 2 heterocycles. The average Bonchev–Trinajstić information content (AvgIpc) is 2.95. The van der Waals surface area contributed by atoms with Crippen LogP contribution in [0.2, 0.25) is 0 Å². The largest absolute Gasteiger partial charge is 0.326 e. The Kier molecular flexibility index (Phi) is 3.52. The van der Waals surface area contributed by atoms with Crippen molar-refractivity contribution in [1.82, 2.24) is 25.1 Å². The summed E-state index contributed by atoms with van der Waals surface area (Å²) >= 11 is 0. The van der Waals surface area contributed by atoms with Crippen molar-refractivity contribution in [3.63, 3.8) is 0 Å². The van der Waals surface area contributed by atoms with Gasteiger partial charge < -0.3 is 9.88 Å². The van der Waals surface area contributed by atoms with Crippen molar-refractivity contribution < 1.29 is 0 Å². The molecular weight excluding hydrogens is 226 g/mol. The lowest BCUT2D eigenvalue weighted by Gasteiger charge is -2.22. The van der Waals surface area contributed by atoms with E-state index >= 15 is 0 Å². The molecule has 2 aromatic heterocycles. The van der Waals surface area contributed by atoms with Crippen molar-refractivity contribution in [3.05, 3.63) is 36.2 Å². The fourth-order valence-electron chi connectivity index (χ4n) is 1.82. The Bertz CT molecular complexity index is 478. The Morgan fingerprint density at radius 1 is 1.39 bits per heavy atom. The minimum atomic E-state index is 0.105. The van der Waals surface area contributed by atoms with Crippen molar-refractivity contribution in [2.24, 2.45) is 0 Å². The quantitative estimate of drug-likeness (QED) is 0.870. The zero-order valence-corrected chi connectivity index (χ0v) is 11.4. The predicted molar refractivity (Wildman–Crippen MR) is 71.2 cm³/mol. The van der Waals surface area contributed by atoms with Crippen LogP contribution in [-0.2, 0) is 6.54 Å². The van der Waals surface area contributed by atoms with Gasteiger partial charge >= 0.3 is 0 Å². The molecule has 2 rings (SSSR count). The Hall–Kier alpha value is -1.62. The molecule has 0 spiro atoms. The Labute approximate surface area is 108 Å². The molecule has 1 unspecified atom stereocenters. The highest BCUT2D eigenvalue weighted by Gasteiger charge is 2.14. The number of rotatable bonds is 4. The lowest BCUT2D eigenvalue weighted by Crippen LogP contribution is -2.35. The summed E-state index contributed by atoms with van der Waals surface area (Å²) < 4.78 is 2.17. The third-order valence-electron chi connectivity index (χ3n) is 2.97. The number of aromatic nitrogens is 4. The predicted octanol–water partition coefficient (Wildman–Crippen LogP) is 2.10. The summed E-state index contributed by atoms with van der Waals surface area (Å²) in [6.07, 6.45) is 7.56. The van der Waals surface area contributed by atoms with E-state index in [4.69, 9.17) is 0 Å². The van der Waals surface area contributed by atoms with Crippen LogP contribution in [0.3, 0.4) is 0 Å². The molecule has 2 aromatic rings. The topological polar surface area (TPSA) is 58.5 Å².